The highest BCUT2D eigenvalue weighted by Gasteiger charge is 2.05. The SMILES string of the molecule is CCCOc1ccc(Cl)cc1CNCC(=O)O. The average molecular weight is 258 g/mol. The molecular weight excluding hydrogens is 242 g/mol. The van der Waals surface area contributed by atoms with Crippen LogP contribution in [0.5, 0.6) is 5.75 Å². The fourth-order valence-electron chi connectivity index (χ4n) is 1.34. The Morgan fingerprint density at radius 3 is 2.94 bits per heavy atom. The number of hydrogen-bond acceptors (Lipinski definition) is 3. The second-order valence-electron chi connectivity index (χ2n) is 3.60. The monoisotopic (exact) mass is 257 g/mol. The maximum atomic E-state index is 10.4. The normalized spacial score (nSPS) is 10.2. The van der Waals surface area contributed by atoms with Gasteiger partial charge in [0.05, 0.1) is 13.2 Å². The van der Waals surface area contributed by atoms with Crippen molar-refractivity contribution in [2.45, 2.75) is 19.9 Å². The molecule has 1 aromatic rings. The Hall–Kier alpha value is -1.26. The van der Waals surface area contributed by atoms with Crippen LogP contribution in [0.25, 0.3) is 0 Å². The molecule has 0 aromatic heterocycles. The van der Waals surface area contributed by atoms with E-state index in [0.717, 1.165) is 17.7 Å². The zero-order chi connectivity index (χ0) is 12.7. The highest BCUT2D eigenvalue weighted by molar-refractivity contribution is 6.30. The lowest BCUT2D eigenvalue weighted by Gasteiger charge is -2.11. The summed E-state index contributed by atoms with van der Waals surface area (Å²) in [5.74, 6) is -0.141. The molecule has 0 aliphatic carbocycles. The van der Waals surface area contributed by atoms with Crippen LogP contribution < -0.4 is 10.1 Å². The first-order valence-corrected chi connectivity index (χ1v) is 5.85. The van der Waals surface area contributed by atoms with Crippen LogP contribution in [0.1, 0.15) is 18.9 Å². The smallest absolute Gasteiger partial charge is 0.317 e. The van der Waals surface area contributed by atoms with Crippen LogP contribution in [-0.2, 0) is 11.3 Å². The van der Waals surface area contributed by atoms with Crippen molar-refractivity contribution < 1.29 is 14.6 Å². The van der Waals surface area contributed by atoms with Crippen LogP contribution in [0.4, 0.5) is 0 Å². The van der Waals surface area contributed by atoms with E-state index in [1.807, 2.05) is 6.92 Å². The number of halogens is 1. The van der Waals surface area contributed by atoms with Gasteiger partial charge in [0, 0.05) is 17.1 Å². The molecule has 0 unspecified atom stereocenters. The summed E-state index contributed by atoms with van der Waals surface area (Å²) in [6, 6.07) is 5.34. The molecule has 0 aliphatic heterocycles. The molecule has 0 radical (unpaired) electrons. The standard InChI is InChI=1S/C12H16ClNO3/c1-2-5-17-11-4-3-10(13)6-9(11)7-14-8-12(15)16/h3-4,6,14H,2,5,7-8H2,1H3,(H,15,16). The second-order valence-corrected chi connectivity index (χ2v) is 4.03. The Labute approximate surface area is 106 Å². The van der Waals surface area contributed by atoms with Crippen molar-refractivity contribution in [2.24, 2.45) is 0 Å². The summed E-state index contributed by atoms with van der Waals surface area (Å²) < 4.78 is 5.55. The Morgan fingerprint density at radius 2 is 2.29 bits per heavy atom. The summed E-state index contributed by atoms with van der Waals surface area (Å²) >= 11 is 5.89. The molecule has 2 N–H and O–H groups in total. The summed E-state index contributed by atoms with van der Waals surface area (Å²) in [5.41, 5.74) is 0.868. The number of carboxylic acid groups (broad SMARTS) is 1. The second kappa shape index (κ2) is 7.14. The third kappa shape index (κ3) is 5.06. The number of hydrogen-bond donors (Lipinski definition) is 2. The van der Waals surface area contributed by atoms with Crippen LogP contribution in [-0.4, -0.2) is 24.2 Å². The molecular formula is C12H16ClNO3. The van der Waals surface area contributed by atoms with Gasteiger partial charge in [0.25, 0.3) is 0 Å². The number of aliphatic carboxylic acids is 1. The van der Waals surface area contributed by atoms with Gasteiger partial charge < -0.3 is 15.2 Å². The van der Waals surface area contributed by atoms with Gasteiger partial charge in [0.1, 0.15) is 5.75 Å². The van der Waals surface area contributed by atoms with E-state index in [1.165, 1.54) is 0 Å². The first kappa shape index (κ1) is 13.8. The van der Waals surface area contributed by atoms with Gasteiger partial charge in [-0.1, -0.05) is 18.5 Å². The van der Waals surface area contributed by atoms with Crippen LogP contribution in [0.2, 0.25) is 5.02 Å². The van der Waals surface area contributed by atoms with Crippen molar-refractivity contribution in [1.82, 2.24) is 5.32 Å². The number of nitrogens with one attached hydrogen (secondary N) is 1. The lowest BCUT2D eigenvalue weighted by atomic mass is 10.2. The maximum Gasteiger partial charge on any atom is 0.317 e. The third-order valence-electron chi connectivity index (χ3n) is 2.08. The largest absolute Gasteiger partial charge is 0.493 e. The van der Waals surface area contributed by atoms with Gasteiger partial charge in [-0.2, -0.15) is 0 Å². The van der Waals surface area contributed by atoms with Crippen molar-refractivity contribution in [3.05, 3.63) is 28.8 Å². The number of carboxylic acids is 1. The molecule has 0 atom stereocenters. The summed E-state index contributed by atoms with van der Waals surface area (Å²) in [5, 5.41) is 12.0. The Morgan fingerprint density at radius 1 is 1.53 bits per heavy atom. The first-order valence-electron chi connectivity index (χ1n) is 5.47. The predicted molar refractivity (Wildman–Crippen MR) is 66.6 cm³/mol. The van der Waals surface area contributed by atoms with Crippen LogP contribution in [0.15, 0.2) is 18.2 Å². The minimum atomic E-state index is -0.886. The van der Waals surface area contributed by atoms with Crippen molar-refractivity contribution >= 4 is 17.6 Å². The molecule has 0 saturated heterocycles. The Bertz CT molecular complexity index is 382. The molecule has 1 aromatic carbocycles. The Balaban J connectivity index is 2.65. The van der Waals surface area contributed by atoms with Gasteiger partial charge in [-0.15, -0.1) is 0 Å². The average Bonchev–Trinajstić information content (AvgIpc) is 2.27. The van der Waals surface area contributed by atoms with E-state index >= 15 is 0 Å². The molecule has 0 saturated carbocycles. The molecule has 0 bridgehead atoms. The zero-order valence-corrected chi connectivity index (χ0v) is 10.5. The van der Waals surface area contributed by atoms with E-state index in [0.29, 0.717) is 18.2 Å². The number of ether oxygens (including phenoxy) is 1. The lowest BCUT2D eigenvalue weighted by molar-refractivity contribution is -0.136. The van der Waals surface area contributed by atoms with Crippen molar-refractivity contribution in [2.75, 3.05) is 13.2 Å². The van der Waals surface area contributed by atoms with E-state index < -0.39 is 5.97 Å². The lowest BCUT2D eigenvalue weighted by Crippen LogP contribution is -2.22. The number of rotatable bonds is 7. The van der Waals surface area contributed by atoms with E-state index in [2.05, 4.69) is 5.32 Å². The molecule has 0 amide bonds. The molecule has 94 valence electrons. The maximum absolute atomic E-state index is 10.4. The summed E-state index contributed by atoms with van der Waals surface area (Å²) in [6.07, 6.45) is 0.921. The Kier molecular flexibility index (Phi) is 5.80. The van der Waals surface area contributed by atoms with Crippen molar-refractivity contribution in [3.63, 3.8) is 0 Å². The molecule has 17 heavy (non-hydrogen) atoms. The molecule has 1 rings (SSSR count). The third-order valence-corrected chi connectivity index (χ3v) is 2.31. The molecule has 0 fully saturated rings. The van der Waals surface area contributed by atoms with Gasteiger partial charge in [0.2, 0.25) is 0 Å². The molecule has 5 heteroatoms. The van der Waals surface area contributed by atoms with Crippen LogP contribution in [0, 0.1) is 0 Å². The fourth-order valence-corrected chi connectivity index (χ4v) is 1.54. The number of benzene rings is 1. The highest BCUT2D eigenvalue weighted by atomic mass is 35.5. The van der Waals surface area contributed by atoms with E-state index in [9.17, 15) is 4.79 Å². The molecule has 0 spiro atoms. The topological polar surface area (TPSA) is 58.6 Å². The summed E-state index contributed by atoms with van der Waals surface area (Å²) in [4.78, 5) is 10.4. The minimum Gasteiger partial charge on any atom is -0.493 e. The van der Waals surface area contributed by atoms with E-state index in [-0.39, 0.29) is 6.54 Å². The van der Waals surface area contributed by atoms with Crippen LogP contribution in [0.3, 0.4) is 0 Å². The predicted octanol–water partition coefficient (Wildman–Crippen LogP) is 2.30. The van der Waals surface area contributed by atoms with Gasteiger partial charge in [0.15, 0.2) is 0 Å². The van der Waals surface area contributed by atoms with Crippen molar-refractivity contribution in [1.29, 1.82) is 0 Å². The van der Waals surface area contributed by atoms with E-state index in [4.69, 9.17) is 21.4 Å². The summed E-state index contributed by atoms with van der Waals surface area (Å²) in [6.45, 7) is 3.00. The van der Waals surface area contributed by atoms with Crippen LogP contribution >= 0.6 is 11.6 Å². The van der Waals surface area contributed by atoms with Gasteiger partial charge in [-0.25, -0.2) is 0 Å². The van der Waals surface area contributed by atoms with Gasteiger partial charge >= 0.3 is 5.97 Å². The zero-order valence-electron chi connectivity index (χ0n) is 9.70. The number of carbonyl (C=O) groups is 1. The quantitative estimate of drug-likeness (QED) is 0.787. The van der Waals surface area contributed by atoms with E-state index in [1.54, 1.807) is 18.2 Å². The molecule has 0 heterocycles. The molecule has 4 nitrogen and oxygen atoms in total. The first-order chi connectivity index (χ1) is 8.13. The van der Waals surface area contributed by atoms with Crippen molar-refractivity contribution in [3.8, 4) is 5.75 Å². The summed E-state index contributed by atoms with van der Waals surface area (Å²) in [7, 11) is 0. The van der Waals surface area contributed by atoms with Gasteiger partial charge in [-0.3, -0.25) is 4.79 Å². The highest BCUT2D eigenvalue weighted by Crippen LogP contribution is 2.22. The minimum absolute atomic E-state index is 0.0836. The fraction of sp³-hybridized carbons (Fsp3) is 0.417. The molecule has 0 aliphatic rings. The van der Waals surface area contributed by atoms with Gasteiger partial charge in [-0.05, 0) is 24.6 Å².